The number of aryl methyl sites for hydroxylation is 3. The molecule has 1 N–H and O–H groups in total. The van der Waals surface area contributed by atoms with Gasteiger partial charge in [-0.15, -0.1) is 11.3 Å². The van der Waals surface area contributed by atoms with Crippen molar-refractivity contribution in [1.82, 2.24) is 10.3 Å². The van der Waals surface area contributed by atoms with Gasteiger partial charge in [0.2, 0.25) is 0 Å². The number of rotatable bonds is 4. The lowest BCUT2D eigenvalue weighted by Gasteiger charge is -2.20. The van der Waals surface area contributed by atoms with Crippen LogP contribution in [0.4, 0.5) is 0 Å². The van der Waals surface area contributed by atoms with Crippen molar-refractivity contribution >= 4 is 11.3 Å². The first-order valence-electron chi connectivity index (χ1n) is 6.72. The largest absolute Gasteiger partial charge is 0.302 e. The van der Waals surface area contributed by atoms with Crippen molar-refractivity contribution in [2.75, 3.05) is 0 Å². The molecule has 1 unspecified atom stereocenters. The third-order valence-corrected chi connectivity index (χ3v) is 3.99. The Morgan fingerprint density at radius 2 is 1.68 bits per heavy atom. The molecule has 2 rings (SSSR count). The normalized spacial score (nSPS) is 12.9. The van der Waals surface area contributed by atoms with E-state index in [1.54, 1.807) is 11.3 Å². The highest BCUT2D eigenvalue weighted by Gasteiger charge is 2.18. The SMILES string of the molecule is Cc1cc(C)cc(C(NC(C)C)c2nc(C)cs2)c1. The highest BCUT2D eigenvalue weighted by molar-refractivity contribution is 7.09. The van der Waals surface area contributed by atoms with Crippen molar-refractivity contribution in [2.45, 2.75) is 46.7 Å². The van der Waals surface area contributed by atoms with E-state index < -0.39 is 0 Å². The average molecular weight is 274 g/mol. The number of thiazole rings is 1. The number of benzene rings is 1. The average Bonchev–Trinajstić information content (AvgIpc) is 2.71. The fourth-order valence-electron chi connectivity index (χ4n) is 2.32. The van der Waals surface area contributed by atoms with Gasteiger partial charge in [0.25, 0.3) is 0 Å². The van der Waals surface area contributed by atoms with Gasteiger partial charge in [0, 0.05) is 17.1 Å². The monoisotopic (exact) mass is 274 g/mol. The minimum absolute atomic E-state index is 0.192. The first kappa shape index (κ1) is 14.2. The van der Waals surface area contributed by atoms with Crippen LogP contribution in [0.1, 0.15) is 47.3 Å². The second kappa shape index (κ2) is 5.85. The van der Waals surface area contributed by atoms with Crippen LogP contribution in [0, 0.1) is 20.8 Å². The maximum Gasteiger partial charge on any atom is 0.114 e. The van der Waals surface area contributed by atoms with Crippen molar-refractivity contribution in [3.63, 3.8) is 0 Å². The van der Waals surface area contributed by atoms with Crippen LogP contribution >= 0.6 is 11.3 Å². The summed E-state index contributed by atoms with van der Waals surface area (Å²) in [6.07, 6.45) is 0. The van der Waals surface area contributed by atoms with Crippen LogP contribution in [-0.2, 0) is 0 Å². The van der Waals surface area contributed by atoms with E-state index in [4.69, 9.17) is 0 Å². The number of nitrogens with zero attached hydrogens (tertiary/aromatic N) is 1. The molecule has 0 aliphatic rings. The van der Waals surface area contributed by atoms with Gasteiger partial charge in [-0.1, -0.05) is 29.3 Å². The number of nitrogens with one attached hydrogen (secondary N) is 1. The van der Waals surface area contributed by atoms with Crippen LogP contribution in [-0.4, -0.2) is 11.0 Å². The smallest absolute Gasteiger partial charge is 0.114 e. The minimum atomic E-state index is 0.192. The molecule has 19 heavy (non-hydrogen) atoms. The van der Waals surface area contributed by atoms with Crippen LogP contribution in [0.25, 0.3) is 0 Å². The topological polar surface area (TPSA) is 24.9 Å². The molecule has 1 aromatic heterocycles. The molecule has 1 atom stereocenters. The van der Waals surface area contributed by atoms with Gasteiger partial charge in [0.05, 0.1) is 6.04 Å². The van der Waals surface area contributed by atoms with Crippen LogP contribution in [0.3, 0.4) is 0 Å². The zero-order chi connectivity index (χ0) is 14.0. The molecule has 0 saturated carbocycles. The van der Waals surface area contributed by atoms with Crippen LogP contribution in [0.2, 0.25) is 0 Å². The molecular formula is C16H22N2S. The third-order valence-electron chi connectivity index (χ3n) is 2.96. The van der Waals surface area contributed by atoms with E-state index in [1.165, 1.54) is 16.7 Å². The van der Waals surface area contributed by atoms with E-state index in [-0.39, 0.29) is 6.04 Å². The molecule has 0 fully saturated rings. The molecule has 0 aliphatic carbocycles. The lowest BCUT2D eigenvalue weighted by molar-refractivity contribution is 0.526. The van der Waals surface area contributed by atoms with Gasteiger partial charge in [0.15, 0.2) is 0 Å². The molecule has 0 amide bonds. The zero-order valence-electron chi connectivity index (χ0n) is 12.3. The Morgan fingerprint density at radius 3 is 2.16 bits per heavy atom. The molecule has 0 bridgehead atoms. The van der Waals surface area contributed by atoms with Gasteiger partial charge in [-0.3, -0.25) is 0 Å². The summed E-state index contributed by atoms with van der Waals surface area (Å²) in [6, 6.07) is 7.34. The maximum absolute atomic E-state index is 4.66. The second-order valence-electron chi connectivity index (χ2n) is 5.50. The Labute approximate surface area is 119 Å². The van der Waals surface area contributed by atoms with Crippen molar-refractivity contribution < 1.29 is 0 Å². The van der Waals surface area contributed by atoms with Gasteiger partial charge >= 0.3 is 0 Å². The number of aromatic nitrogens is 1. The Balaban J connectivity index is 2.42. The van der Waals surface area contributed by atoms with Crippen LogP contribution < -0.4 is 5.32 Å². The number of hydrogen-bond donors (Lipinski definition) is 1. The van der Waals surface area contributed by atoms with Gasteiger partial charge in [-0.05, 0) is 40.2 Å². The summed E-state index contributed by atoms with van der Waals surface area (Å²) >= 11 is 1.73. The van der Waals surface area contributed by atoms with E-state index in [0.29, 0.717) is 6.04 Å². The van der Waals surface area contributed by atoms with Crippen LogP contribution in [0.15, 0.2) is 23.6 Å². The summed E-state index contributed by atoms with van der Waals surface area (Å²) in [5.74, 6) is 0. The summed E-state index contributed by atoms with van der Waals surface area (Å²) in [5, 5.41) is 6.90. The lowest BCUT2D eigenvalue weighted by Crippen LogP contribution is -2.29. The van der Waals surface area contributed by atoms with Crippen molar-refractivity contribution in [2.24, 2.45) is 0 Å². The van der Waals surface area contributed by atoms with E-state index in [9.17, 15) is 0 Å². The second-order valence-corrected chi connectivity index (χ2v) is 6.39. The van der Waals surface area contributed by atoms with Crippen molar-refractivity contribution in [3.05, 3.63) is 51.0 Å². The predicted octanol–water partition coefficient (Wildman–Crippen LogP) is 4.16. The molecule has 2 aromatic rings. The quantitative estimate of drug-likeness (QED) is 0.905. The molecule has 1 aromatic carbocycles. The third kappa shape index (κ3) is 3.64. The maximum atomic E-state index is 4.66. The van der Waals surface area contributed by atoms with E-state index in [2.05, 4.69) is 61.6 Å². The molecule has 0 spiro atoms. The molecule has 1 heterocycles. The summed E-state index contributed by atoms with van der Waals surface area (Å²) in [5.41, 5.74) is 5.01. The molecule has 102 valence electrons. The Hall–Kier alpha value is -1.19. The summed E-state index contributed by atoms with van der Waals surface area (Å²) in [7, 11) is 0. The lowest BCUT2D eigenvalue weighted by atomic mass is 10.0. The zero-order valence-corrected chi connectivity index (χ0v) is 13.1. The Bertz CT molecular complexity index is 537. The first-order chi connectivity index (χ1) is 8.95. The van der Waals surface area contributed by atoms with E-state index >= 15 is 0 Å². The predicted molar refractivity (Wildman–Crippen MR) is 82.9 cm³/mol. The molecule has 0 radical (unpaired) electrons. The minimum Gasteiger partial charge on any atom is -0.302 e. The van der Waals surface area contributed by atoms with Gasteiger partial charge in [-0.2, -0.15) is 0 Å². The Kier molecular flexibility index (Phi) is 4.38. The van der Waals surface area contributed by atoms with Gasteiger partial charge in [-0.25, -0.2) is 4.98 Å². The molecule has 3 heteroatoms. The summed E-state index contributed by atoms with van der Waals surface area (Å²) in [6.45, 7) is 10.7. The molecule has 0 aliphatic heterocycles. The molecule has 0 saturated heterocycles. The standard InChI is InChI=1S/C16H22N2S/c1-10(2)17-15(16-18-13(5)9-19-16)14-7-11(3)6-12(4)8-14/h6-10,15,17H,1-5H3. The molecular weight excluding hydrogens is 252 g/mol. The molecule has 2 nitrogen and oxygen atoms in total. The highest BCUT2D eigenvalue weighted by atomic mass is 32.1. The Morgan fingerprint density at radius 1 is 1.05 bits per heavy atom. The van der Waals surface area contributed by atoms with Crippen molar-refractivity contribution in [3.8, 4) is 0 Å². The van der Waals surface area contributed by atoms with Gasteiger partial charge in [0.1, 0.15) is 5.01 Å². The first-order valence-corrected chi connectivity index (χ1v) is 7.60. The highest BCUT2D eigenvalue weighted by Crippen LogP contribution is 2.27. The van der Waals surface area contributed by atoms with Crippen LogP contribution in [0.5, 0.6) is 0 Å². The fraction of sp³-hybridized carbons (Fsp3) is 0.438. The van der Waals surface area contributed by atoms with E-state index in [0.717, 1.165) is 10.7 Å². The fourth-order valence-corrected chi connectivity index (χ4v) is 3.21. The van der Waals surface area contributed by atoms with E-state index in [1.807, 2.05) is 6.92 Å². The summed E-state index contributed by atoms with van der Waals surface area (Å²) < 4.78 is 0. The van der Waals surface area contributed by atoms with Crippen molar-refractivity contribution in [1.29, 1.82) is 0 Å². The number of hydrogen-bond acceptors (Lipinski definition) is 3. The summed E-state index contributed by atoms with van der Waals surface area (Å²) in [4.78, 5) is 4.66. The van der Waals surface area contributed by atoms with Gasteiger partial charge < -0.3 is 5.32 Å².